The molecule has 142 valence electrons. The van der Waals surface area contributed by atoms with E-state index in [9.17, 15) is 4.79 Å². The zero-order chi connectivity index (χ0) is 18.8. The highest BCUT2D eigenvalue weighted by atomic mass is 35.5. The predicted octanol–water partition coefficient (Wildman–Crippen LogP) is 3.55. The number of amides is 1. The molecule has 1 amide bonds. The Morgan fingerprint density at radius 1 is 1.07 bits per heavy atom. The van der Waals surface area contributed by atoms with Gasteiger partial charge in [0.2, 0.25) is 0 Å². The maximum Gasteiger partial charge on any atom is 0.251 e. The van der Waals surface area contributed by atoms with Gasteiger partial charge in [-0.05, 0) is 49.9 Å². The van der Waals surface area contributed by atoms with E-state index in [0.29, 0.717) is 18.1 Å². The molecule has 27 heavy (non-hydrogen) atoms. The summed E-state index contributed by atoms with van der Waals surface area (Å²) in [6.07, 6.45) is 6.00. The number of halogens is 1. The molecular weight excluding hydrogens is 356 g/mol. The van der Waals surface area contributed by atoms with Gasteiger partial charge in [0.15, 0.2) is 0 Å². The van der Waals surface area contributed by atoms with E-state index in [0.717, 1.165) is 35.5 Å². The quantitative estimate of drug-likeness (QED) is 0.831. The van der Waals surface area contributed by atoms with Gasteiger partial charge in [-0.15, -0.1) is 0 Å². The molecule has 0 aromatic heterocycles. The molecule has 2 aliphatic rings. The van der Waals surface area contributed by atoms with Crippen LogP contribution in [0.1, 0.15) is 53.6 Å². The zero-order valence-electron chi connectivity index (χ0n) is 15.9. The summed E-state index contributed by atoms with van der Waals surface area (Å²) in [5.41, 5.74) is 3.20. The van der Waals surface area contributed by atoms with Crippen molar-refractivity contribution in [1.82, 2.24) is 5.32 Å². The zero-order valence-corrected chi connectivity index (χ0v) is 16.6. The van der Waals surface area contributed by atoms with E-state index in [4.69, 9.17) is 11.6 Å². The molecule has 2 aliphatic heterocycles. The lowest BCUT2D eigenvalue weighted by Crippen LogP contribution is -3.20. The van der Waals surface area contributed by atoms with E-state index < -0.39 is 0 Å². The highest BCUT2D eigenvalue weighted by Gasteiger charge is 2.42. The minimum absolute atomic E-state index is 0.0809. The average Bonchev–Trinajstić information content (AvgIpc) is 2.64. The standard InChI is InChI=1S/C23H27ClN2O/c1-16-5-2-3-8-22(16)23(27)25-19-13-20-6-4-7-21(14-19)26(20)15-17-9-11-18(24)12-10-17/h2-3,5,8-12,19-21H,4,6-7,13-15H2,1H3,(H,25,27)/p+1/t20-,21-/m1/s1. The number of hydrogen-bond acceptors (Lipinski definition) is 1. The summed E-state index contributed by atoms with van der Waals surface area (Å²) in [7, 11) is 0. The molecule has 2 bridgehead atoms. The van der Waals surface area contributed by atoms with Crippen LogP contribution >= 0.6 is 11.6 Å². The van der Waals surface area contributed by atoms with Crippen LogP contribution < -0.4 is 10.2 Å². The first-order valence-corrected chi connectivity index (χ1v) is 10.4. The summed E-state index contributed by atoms with van der Waals surface area (Å²) in [6, 6.07) is 17.7. The topological polar surface area (TPSA) is 33.5 Å². The van der Waals surface area contributed by atoms with Gasteiger partial charge in [-0.2, -0.15) is 0 Å². The fourth-order valence-electron chi connectivity index (χ4n) is 4.97. The Morgan fingerprint density at radius 3 is 2.41 bits per heavy atom. The molecular formula is C23H28ClN2O+. The van der Waals surface area contributed by atoms with Gasteiger partial charge < -0.3 is 10.2 Å². The van der Waals surface area contributed by atoms with Gasteiger partial charge >= 0.3 is 0 Å². The Balaban J connectivity index is 1.42. The summed E-state index contributed by atoms with van der Waals surface area (Å²) in [5.74, 6) is 0.0809. The van der Waals surface area contributed by atoms with Crippen molar-refractivity contribution >= 4 is 17.5 Å². The molecule has 0 saturated carbocycles. The molecule has 2 N–H and O–H groups in total. The van der Waals surface area contributed by atoms with Gasteiger partial charge in [0.25, 0.3) is 5.91 Å². The lowest BCUT2D eigenvalue weighted by molar-refractivity contribution is -0.973. The second-order valence-electron chi connectivity index (χ2n) is 8.16. The van der Waals surface area contributed by atoms with Crippen LogP contribution in [0.5, 0.6) is 0 Å². The maximum atomic E-state index is 12.7. The Morgan fingerprint density at radius 2 is 1.74 bits per heavy atom. The van der Waals surface area contributed by atoms with E-state index in [2.05, 4.69) is 17.4 Å². The summed E-state index contributed by atoms with van der Waals surface area (Å²) < 4.78 is 0. The van der Waals surface area contributed by atoms with Crippen LogP contribution in [-0.2, 0) is 6.54 Å². The van der Waals surface area contributed by atoms with Crippen molar-refractivity contribution in [1.29, 1.82) is 0 Å². The Bertz CT molecular complexity index is 790. The number of quaternary nitrogens is 1. The Kier molecular flexibility index (Phi) is 5.51. The molecule has 2 fully saturated rings. The van der Waals surface area contributed by atoms with Crippen molar-refractivity contribution in [3.8, 4) is 0 Å². The van der Waals surface area contributed by atoms with Crippen LogP contribution in [0.15, 0.2) is 48.5 Å². The van der Waals surface area contributed by atoms with Crippen molar-refractivity contribution in [2.75, 3.05) is 0 Å². The van der Waals surface area contributed by atoms with E-state index in [1.165, 1.54) is 24.8 Å². The molecule has 4 heteroatoms. The Labute approximate surface area is 166 Å². The summed E-state index contributed by atoms with van der Waals surface area (Å²) in [6.45, 7) is 3.06. The molecule has 4 rings (SSSR count). The highest BCUT2D eigenvalue weighted by molar-refractivity contribution is 6.30. The van der Waals surface area contributed by atoms with Gasteiger partial charge in [0.1, 0.15) is 6.54 Å². The number of rotatable bonds is 4. The number of aryl methyl sites for hydroxylation is 1. The van der Waals surface area contributed by atoms with Crippen LogP contribution in [0.3, 0.4) is 0 Å². The molecule has 0 radical (unpaired) electrons. The molecule has 2 heterocycles. The third kappa shape index (κ3) is 4.20. The average molecular weight is 384 g/mol. The maximum absolute atomic E-state index is 12.7. The van der Waals surface area contributed by atoms with Crippen LogP contribution in [0, 0.1) is 6.92 Å². The molecule has 2 saturated heterocycles. The van der Waals surface area contributed by atoms with Crippen LogP contribution in [0.2, 0.25) is 5.02 Å². The lowest BCUT2D eigenvalue weighted by Gasteiger charge is -2.46. The number of nitrogens with one attached hydrogen (secondary N) is 2. The monoisotopic (exact) mass is 383 g/mol. The number of carbonyl (C=O) groups excluding carboxylic acids is 1. The summed E-state index contributed by atoms with van der Waals surface area (Å²) in [5, 5.41) is 4.12. The minimum atomic E-state index is 0.0809. The van der Waals surface area contributed by atoms with Gasteiger partial charge in [0.05, 0.1) is 12.1 Å². The largest absolute Gasteiger partial charge is 0.349 e. The second kappa shape index (κ2) is 8.04. The minimum Gasteiger partial charge on any atom is -0.349 e. The van der Waals surface area contributed by atoms with Crippen molar-refractivity contribution < 1.29 is 9.69 Å². The molecule has 0 aliphatic carbocycles. The van der Waals surface area contributed by atoms with Gasteiger partial charge in [-0.1, -0.05) is 41.9 Å². The number of benzene rings is 2. The number of hydrogen-bond donors (Lipinski definition) is 2. The number of fused-ring (bicyclic) bond motifs is 2. The first-order valence-electron chi connectivity index (χ1n) is 10.1. The third-order valence-corrected chi connectivity index (χ3v) is 6.59. The molecule has 0 unspecified atom stereocenters. The fraction of sp³-hybridized carbons (Fsp3) is 0.435. The summed E-state index contributed by atoms with van der Waals surface area (Å²) in [4.78, 5) is 14.4. The molecule has 2 aromatic rings. The van der Waals surface area contributed by atoms with Crippen molar-refractivity contribution in [2.45, 2.75) is 63.7 Å². The van der Waals surface area contributed by atoms with Crippen molar-refractivity contribution in [3.05, 3.63) is 70.2 Å². The number of piperidine rings is 2. The van der Waals surface area contributed by atoms with E-state index in [-0.39, 0.29) is 5.91 Å². The smallest absolute Gasteiger partial charge is 0.251 e. The van der Waals surface area contributed by atoms with E-state index in [1.54, 1.807) is 4.90 Å². The lowest BCUT2D eigenvalue weighted by atomic mass is 9.81. The Hall–Kier alpha value is -1.84. The third-order valence-electron chi connectivity index (χ3n) is 6.34. The first-order chi connectivity index (χ1) is 13.1. The van der Waals surface area contributed by atoms with Crippen molar-refractivity contribution in [3.63, 3.8) is 0 Å². The second-order valence-corrected chi connectivity index (χ2v) is 8.60. The SMILES string of the molecule is Cc1ccccc1C(=O)NC1C[C@H]2CCC[C@H](C1)[NH+]2Cc1ccc(Cl)cc1. The fourth-order valence-corrected chi connectivity index (χ4v) is 5.10. The van der Waals surface area contributed by atoms with Gasteiger partial charge in [-0.3, -0.25) is 4.79 Å². The molecule has 2 aromatic carbocycles. The normalized spacial score (nSPS) is 27.2. The molecule has 0 spiro atoms. The van der Waals surface area contributed by atoms with Gasteiger partial charge in [-0.25, -0.2) is 0 Å². The van der Waals surface area contributed by atoms with Crippen LogP contribution in [0.4, 0.5) is 0 Å². The van der Waals surface area contributed by atoms with E-state index >= 15 is 0 Å². The van der Waals surface area contributed by atoms with E-state index in [1.807, 2.05) is 43.3 Å². The molecule has 2 atom stereocenters. The van der Waals surface area contributed by atoms with Crippen molar-refractivity contribution in [2.24, 2.45) is 0 Å². The summed E-state index contributed by atoms with van der Waals surface area (Å²) >= 11 is 6.03. The predicted molar refractivity (Wildman–Crippen MR) is 109 cm³/mol. The number of carbonyl (C=O) groups is 1. The van der Waals surface area contributed by atoms with Crippen LogP contribution in [0.25, 0.3) is 0 Å². The molecule has 3 nitrogen and oxygen atoms in total. The highest BCUT2D eigenvalue weighted by Crippen LogP contribution is 2.23. The van der Waals surface area contributed by atoms with Gasteiger partial charge in [0, 0.05) is 35.0 Å². The first kappa shape index (κ1) is 18.5. The van der Waals surface area contributed by atoms with Crippen LogP contribution in [-0.4, -0.2) is 24.0 Å².